The Morgan fingerprint density at radius 2 is 1.54 bits per heavy atom. The van der Waals surface area contributed by atoms with Crippen LogP contribution in [-0.4, -0.2) is 47.6 Å². The van der Waals surface area contributed by atoms with Gasteiger partial charge in [-0.2, -0.15) is 0 Å². The third-order valence-electron chi connectivity index (χ3n) is 12.2. The molecule has 0 spiro atoms. The van der Waals surface area contributed by atoms with E-state index >= 15 is 0 Å². The van der Waals surface area contributed by atoms with Gasteiger partial charge < -0.3 is 15.5 Å². The number of fused-ring (bicyclic) bond motifs is 5. The Kier molecular flexibility index (Phi) is 9.76. The zero-order valence-electron chi connectivity index (χ0n) is 25.2. The summed E-state index contributed by atoms with van der Waals surface area (Å²) in [5.41, 5.74) is 7.84. The molecule has 5 heteroatoms. The van der Waals surface area contributed by atoms with E-state index in [2.05, 4.69) is 64.6 Å². The lowest BCUT2D eigenvalue weighted by molar-refractivity contribution is -0.167. The SMILES string of the molecule is CC(C)NCCNNC1CCC2(C)C(C1)CC(O)C1C2CCC2(C)C(C(C)CCC(O)C(C)C)CCC12. The van der Waals surface area contributed by atoms with Gasteiger partial charge in [-0.05, 0) is 116 Å². The van der Waals surface area contributed by atoms with Crippen molar-refractivity contribution in [2.45, 2.75) is 137 Å². The van der Waals surface area contributed by atoms with E-state index in [-0.39, 0.29) is 12.2 Å². The van der Waals surface area contributed by atoms with Gasteiger partial charge in [0.1, 0.15) is 0 Å². The molecular weight excluding hydrogens is 458 g/mol. The van der Waals surface area contributed by atoms with Crippen molar-refractivity contribution < 1.29 is 10.2 Å². The van der Waals surface area contributed by atoms with Crippen molar-refractivity contribution in [3.63, 3.8) is 0 Å². The van der Waals surface area contributed by atoms with Gasteiger partial charge in [0.2, 0.25) is 0 Å². The minimum atomic E-state index is -0.170. The van der Waals surface area contributed by atoms with Crippen molar-refractivity contribution in [1.82, 2.24) is 16.2 Å². The van der Waals surface area contributed by atoms with Gasteiger partial charge in [0.15, 0.2) is 0 Å². The lowest BCUT2D eigenvalue weighted by Crippen LogP contribution is -2.60. The molecule has 5 N–H and O–H groups in total. The van der Waals surface area contributed by atoms with Crippen molar-refractivity contribution in [3.8, 4) is 0 Å². The third-order valence-corrected chi connectivity index (χ3v) is 12.2. The number of aliphatic hydroxyl groups is 2. The van der Waals surface area contributed by atoms with Crippen LogP contribution in [0.4, 0.5) is 0 Å². The van der Waals surface area contributed by atoms with E-state index in [1.165, 1.54) is 44.9 Å². The summed E-state index contributed by atoms with van der Waals surface area (Å²) in [5, 5.41) is 25.6. The van der Waals surface area contributed by atoms with Crippen LogP contribution in [0.25, 0.3) is 0 Å². The van der Waals surface area contributed by atoms with Gasteiger partial charge in [0.05, 0.1) is 12.2 Å². The molecule has 0 aromatic heterocycles. The Labute approximate surface area is 228 Å². The van der Waals surface area contributed by atoms with Crippen LogP contribution in [-0.2, 0) is 0 Å². The molecule has 11 unspecified atom stereocenters. The van der Waals surface area contributed by atoms with Crippen LogP contribution < -0.4 is 16.2 Å². The first-order chi connectivity index (χ1) is 17.5. The first-order valence-electron chi connectivity index (χ1n) is 16.0. The average molecular weight is 520 g/mol. The molecule has 0 amide bonds. The lowest BCUT2D eigenvalue weighted by atomic mass is 9.43. The summed E-state index contributed by atoms with van der Waals surface area (Å²) in [6, 6.07) is 1.05. The number of nitrogens with one attached hydrogen (secondary N) is 3. The molecule has 0 heterocycles. The molecule has 4 saturated carbocycles. The number of aliphatic hydroxyl groups excluding tert-OH is 2. The minimum absolute atomic E-state index is 0.133. The highest BCUT2D eigenvalue weighted by atomic mass is 16.3. The molecule has 0 bridgehead atoms. The molecule has 216 valence electrons. The quantitative estimate of drug-likeness (QED) is 0.184. The molecule has 0 saturated heterocycles. The summed E-state index contributed by atoms with van der Waals surface area (Å²) in [6.07, 6.45) is 11.8. The Hall–Kier alpha value is -0.200. The third kappa shape index (κ3) is 6.11. The zero-order chi connectivity index (χ0) is 27.0. The lowest BCUT2D eigenvalue weighted by Gasteiger charge is -2.62. The highest BCUT2D eigenvalue weighted by molar-refractivity contribution is 5.12. The molecule has 4 aliphatic rings. The number of hydrogen-bond donors (Lipinski definition) is 5. The fourth-order valence-electron chi connectivity index (χ4n) is 9.94. The van der Waals surface area contributed by atoms with E-state index < -0.39 is 0 Å². The van der Waals surface area contributed by atoms with Crippen LogP contribution in [0, 0.1) is 52.3 Å². The predicted molar refractivity (Wildman–Crippen MR) is 154 cm³/mol. The molecule has 37 heavy (non-hydrogen) atoms. The second-order valence-electron chi connectivity index (χ2n) is 15.0. The molecule has 4 aliphatic carbocycles. The van der Waals surface area contributed by atoms with Crippen LogP contribution in [0.15, 0.2) is 0 Å². The standard InChI is InChI=1S/C32H61N3O2/c1-20(2)28(36)11-8-22(5)25-9-10-26-30-27(13-15-32(25,26)7)31(6)14-12-24(18-23(31)19-29(30)37)35-34-17-16-33-21(3)4/h20-30,33-37H,8-19H2,1-7H3. The van der Waals surface area contributed by atoms with E-state index in [0.717, 1.165) is 38.3 Å². The topological polar surface area (TPSA) is 76.5 Å². The normalized spacial score (nSPS) is 43.4. The monoisotopic (exact) mass is 519 g/mol. The molecule has 0 radical (unpaired) electrons. The molecule has 5 nitrogen and oxygen atoms in total. The molecule has 0 aromatic rings. The predicted octanol–water partition coefficient (Wildman–Crippen LogP) is 5.51. The van der Waals surface area contributed by atoms with Crippen molar-refractivity contribution >= 4 is 0 Å². The van der Waals surface area contributed by atoms with E-state index in [1.807, 2.05) is 0 Å². The van der Waals surface area contributed by atoms with Crippen molar-refractivity contribution in [2.75, 3.05) is 13.1 Å². The molecular formula is C32H61N3O2. The van der Waals surface area contributed by atoms with Gasteiger partial charge in [0, 0.05) is 25.2 Å². The summed E-state index contributed by atoms with van der Waals surface area (Å²) in [6.45, 7) is 18.2. The largest absolute Gasteiger partial charge is 0.393 e. The molecule has 11 atom stereocenters. The maximum Gasteiger partial charge on any atom is 0.0577 e. The van der Waals surface area contributed by atoms with Gasteiger partial charge in [-0.25, -0.2) is 0 Å². The van der Waals surface area contributed by atoms with Gasteiger partial charge in [-0.3, -0.25) is 10.9 Å². The van der Waals surface area contributed by atoms with Crippen LogP contribution in [0.3, 0.4) is 0 Å². The van der Waals surface area contributed by atoms with Gasteiger partial charge in [-0.15, -0.1) is 0 Å². The maximum absolute atomic E-state index is 11.7. The van der Waals surface area contributed by atoms with Crippen molar-refractivity contribution in [1.29, 1.82) is 0 Å². The highest BCUT2D eigenvalue weighted by Gasteiger charge is 2.62. The molecule has 4 rings (SSSR count). The van der Waals surface area contributed by atoms with Gasteiger partial charge in [0.25, 0.3) is 0 Å². The Morgan fingerprint density at radius 3 is 2.24 bits per heavy atom. The highest BCUT2D eigenvalue weighted by Crippen LogP contribution is 2.68. The average Bonchev–Trinajstić information content (AvgIpc) is 3.19. The summed E-state index contributed by atoms with van der Waals surface area (Å²) >= 11 is 0. The van der Waals surface area contributed by atoms with E-state index in [0.29, 0.717) is 58.4 Å². The first-order valence-corrected chi connectivity index (χ1v) is 16.0. The van der Waals surface area contributed by atoms with Crippen LogP contribution in [0.2, 0.25) is 0 Å². The Morgan fingerprint density at radius 1 is 0.838 bits per heavy atom. The Bertz CT molecular complexity index is 731. The van der Waals surface area contributed by atoms with Gasteiger partial charge >= 0.3 is 0 Å². The van der Waals surface area contributed by atoms with E-state index in [4.69, 9.17) is 0 Å². The first kappa shape index (κ1) is 29.8. The maximum atomic E-state index is 11.7. The second kappa shape index (κ2) is 12.1. The fraction of sp³-hybridized carbons (Fsp3) is 1.00. The van der Waals surface area contributed by atoms with Gasteiger partial charge in [-0.1, -0.05) is 48.5 Å². The number of hydrogen-bond acceptors (Lipinski definition) is 5. The van der Waals surface area contributed by atoms with Crippen molar-refractivity contribution in [2.24, 2.45) is 52.3 Å². The van der Waals surface area contributed by atoms with Crippen molar-refractivity contribution in [3.05, 3.63) is 0 Å². The smallest absolute Gasteiger partial charge is 0.0577 e. The minimum Gasteiger partial charge on any atom is -0.393 e. The van der Waals surface area contributed by atoms with Crippen LogP contribution in [0.5, 0.6) is 0 Å². The van der Waals surface area contributed by atoms with Crippen LogP contribution in [0.1, 0.15) is 113 Å². The van der Waals surface area contributed by atoms with E-state index in [9.17, 15) is 10.2 Å². The zero-order valence-corrected chi connectivity index (χ0v) is 25.2. The number of rotatable bonds is 11. The summed E-state index contributed by atoms with van der Waals surface area (Å²) in [7, 11) is 0. The summed E-state index contributed by atoms with van der Waals surface area (Å²) in [5.74, 6) is 4.23. The fourth-order valence-corrected chi connectivity index (χ4v) is 9.94. The molecule has 4 fully saturated rings. The van der Waals surface area contributed by atoms with E-state index in [1.54, 1.807) is 0 Å². The van der Waals surface area contributed by atoms with Crippen LogP contribution >= 0.6 is 0 Å². The summed E-state index contributed by atoms with van der Waals surface area (Å²) in [4.78, 5) is 0. The molecule has 0 aromatic carbocycles. The second-order valence-corrected chi connectivity index (χ2v) is 15.0. The molecule has 0 aliphatic heterocycles. The Balaban J connectivity index is 1.37. The summed E-state index contributed by atoms with van der Waals surface area (Å²) < 4.78 is 0. The number of hydrazine groups is 1.